The third-order valence-corrected chi connectivity index (χ3v) is 18.6. The number of hydrogen-bond acceptors (Lipinski definition) is 13. The van der Waals surface area contributed by atoms with Crippen LogP contribution < -0.4 is 10.6 Å². The average molecular weight is 850 g/mol. The Morgan fingerprint density at radius 1 is 1.03 bits per heavy atom. The summed E-state index contributed by atoms with van der Waals surface area (Å²) in [5.41, 5.74) is -6.95. The van der Waals surface area contributed by atoms with Gasteiger partial charge in [0.15, 0.2) is 11.5 Å². The van der Waals surface area contributed by atoms with E-state index in [1.54, 1.807) is 25.0 Å². The first-order chi connectivity index (χ1) is 28.8. The van der Waals surface area contributed by atoms with Crippen LogP contribution in [0.3, 0.4) is 0 Å². The van der Waals surface area contributed by atoms with Crippen LogP contribution in [0.15, 0.2) is 23.3 Å². The molecule has 11 rings (SSSR count). The maximum Gasteiger partial charge on any atom is 0.240 e. The molecule has 5 heterocycles. The lowest BCUT2D eigenvalue weighted by molar-refractivity contribution is -0.345. The molecule has 8 N–H and O–H groups in total. The van der Waals surface area contributed by atoms with Crippen LogP contribution in [0.2, 0.25) is 0 Å². The van der Waals surface area contributed by atoms with Gasteiger partial charge >= 0.3 is 0 Å². The number of aliphatic hydroxyl groups is 6. The van der Waals surface area contributed by atoms with E-state index < -0.39 is 92.9 Å². The molecule has 0 aromatic carbocycles. The van der Waals surface area contributed by atoms with Crippen LogP contribution >= 0.6 is 0 Å². The van der Waals surface area contributed by atoms with Crippen molar-refractivity contribution in [2.75, 3.05) is 40.0 Å². The van der Waals surface area contributed by atoms with Crippen molar-refractivity contribution in [2.24, 2.45) is 51.8 Å². The highest BCUT2D eigenvalue weighted by atomic mass is 16.6. The van der Waals surface area contributed by atoms with Crippen LogP contribution in [0.5, 0.6) is 0 Å². The lowest BCUT2D eigenvalue weighted by Crippen LogP contribution is -2.71. The smallest absolute Gasteiger partial charge is 0.240 e. The molecule has 1 amide bonds. The molecule has 0 aromatic rings. The minimum absolute atomic E-state index is 0.0494. The molecule has 336 valence electrons. The number of piperidine rings is 1. The van der Waals surface area contributed by atoms with E-state index in [1.807, 2.05) is 13.0 Å². The zero-order valence-electron chi connectivity index (χ0n) is 36.4. The zero-order chi connectivity index (χ0) is 43.3. The Kier molecular flexibility index (Phi) is 9.88. The summed E-state index contributed by atoms with van der Waals surface area (Å²) in [6.07, 6.45) is 5.54. The molecule has 5 aliphatic heterocycles. The van der Waals surface area contributed by atoms with Crippen molar-refractivity contribution in [3.8, 4) is 11.8 Å². The molecule has 14 heteroatoms. The van der Waals surface area contributed by atoms with E-state index in [9.17, 15) is 35.4 Å². The molecule has 18 atom stereocenters. The number of carbonyl (C=O) groups excluding carboxylic acids is 2. The van der Waals surface area contributed by atoms with Crippen LogP contribution in [0.4, 0.5) is 0 Å². The Morgan fingerprint density at radius 3 is 2.57 bits per heavy atom. The monoisotopic (exact) mass is 849 g/mol. The number of allylic oxidation sites excluding steroid dienone is 1. The van der Waals surface area contributed by atoms with Gasteiger partial charge in [-0.25, -0.2) is 0 Å². The fraction of sp³-hybridized carbons (Fsp3) is 0.830. The number of methoxy groups -OCH3 is 1. The van der Waals surface area contributed by atoms with Gasteiger partial charge in [0.25, 0.3) is 0 Å². The Bertz CT molecular complexity index is 1980. The van der Waals surface area contributed by atoms with Crippen molar-refractivity contribution in [1.82, 2.24) is 15.5 Å². The summed E-state index contributed by atoms with van der Waals surface area (Å²) in [4.78, 5) is 31.4. The van der Waals surface area contributed by atoms with Gasteiger partial charge < -0.3 is 55.1 Å². The molecule has 11 aliphatic rings. The van der Waals surface area contributed by atoms with Crippen LogP contribution in [-0.2, 0) is 23.8 Å². The van der Waals surface area contributed by atoms with Crippen molar-refractivity contribution in [2.45, 2.75) is 151 Å². The summed E-state index contributed by atoms with van der Waals surface area (Å²) in [5.74, 6) is 0.951. The van der Waals surface area contributed by atoms with Gasteiger partial charge in [-0.05, 0) is 100 Å². The van der Waals surface area contributed by atoms with Crippen molar-refractivity contribution in [1.29, 1.82) is 0 Å². The molecule has 6 fully saturated rings. The molecular formula is C47H67N3O11. The predicted octanol–water partition coefficient (Wildman–Crippen LogP) is 0.908. The van der Waals surface area contributed by atoms with Gasteiger partial charge in [-0.15, -0.1) is 5.92 Å². The standard InChI is InChI=1S/C47H67N3O11/c1-25(51)22-48-23-31-34-29-12-15-45(55)39(34)61-38(31)47(57,58)43(4,54)33-20-26-9-10-30-36(52)32-21-28(60-19-7-18-59-5)11-14-41(32,2)44(17-16-42(33,3)46(26,56)37(30)44)13-6-8-27-24-50(27)40(53)35(29)49-45/h12,15,25-29,31-35,38-39,48-49,51,54-58H,7-11,14,16-24H2,1-5H3/t25-,26-,27+,28-,29-,31+,32-,33-,34+,35+,38-,39-,41-,42+,43-,44-,45-,46+,50?/m0/s1. The van der Waals surface area contributed by atoms with Gasteiger partial charge in [-0.2, -0.15) is 0 Å². The summed E-state index contributed by atoms with van der Waals surface area (Å²) in [7, 11) is 1.67. The Labute approximate surface area is 358 Å². The normalized spacial score (nSPS) is 51.5. The summed E-state index contributed by atoms with van der Waals surface area (Å²) in [6, 6.07) is -0.964. The highest BCUT2D eigenvalue weighted by Gasteiger charge is 2.80. The number of nitrogens with one attached hydrogen (secondary N) is 2. The summed E-state index contributed by atoms with van der Waals surface area (Å²) in [5, 5.41) is 81.3. The van der Waals surface area contributed by atoms with Crippen molar-refractivity contribution >= 4 is 11.7 Å². The Morgan fingerprint density at radius 2 is 1.82 bits per heavy atom. The average Bonchev–Trinajstić information content (AvgIpc) is 3.79. The van der Waals surface area contributed by atoms with Crippen LogP contribution in [0.25, 0.3) is 0 Å². The molecule has 0 spiro atoms. The lowest BCUT2D eigenvalue weighted by Gasteiger charge is -2.67. The first-order valence-electron chi connectivity index (χ1n) is 23.1. The molecule has 0 radical (unpaired) electrons. The SMILES string of the molecule is COCCCO[C@H]1CC[C@@]2(C)[C@@H](C1)C(=O)C1=C3[C@@]24C#CC[C@@H]2CN2C(=O)[C@@H]2N[C@]5(O)C=C[C@H]2[C@@H]2[C@@H](CNC[C@H](C)O)[C@H](O[C@@H]25)C(O)(O)[C@@](C)(O)[C@H]2C[C@H](CC1)[C@]3(O)[C@]2(C)CC4. The van der Waals surface area contributed by atoms with E-state index in [0.29, 0.717) is 75.9 Å². The number of Topliss-reactive ketones (excluding diaryl/α,β-unsaturated/α-hetero) is 1. The molecule has 0 aromatic heterocycles. The van der Waals surface area contributed by atoms with Gasteiger partial charge in [-0.3, -0.25) is 14.9 Å². The summed E-state index contributed by atoms with van der Waals surface area (Å²) >= 11 is 0. The lowest BCUT2D eigenvalue weighted by atomic mass is 9.37. The minimum Gasteiger partial charge on any atom is -0.392 e. The fourth-order valence-corrected chi connectivity index (χ4v) is 15.3. The van der Waals surface area contributed by atoms with Gasteiger partial charge in [0.05, 0.1) is 35.3 Å². The fourth-order valence-electron chi connectivity index (χ4n) is 15.3. The maximum atomic E-state index is 15.1. The number of rotatable bonds is 9. The number of carbonyl (C=O) groups is 2. The van der Waals surface area contributed by atoms with E-state index in [2.05, 4.69) is 29.4 Å². The largest absolute Gasteiger partial charge is 0.392 e. The van der Waals surface area contributed by atoms with Gasteiger partial charge in [-0.1, -0.05) is 25.8 Å². The maximum absolute atomic E-state index is 15.1. The zero-order valence-corrected chi connectivity index (χ0v) is 36.4. The van der Waals surface area contributed by atoms with Crippen molar-refractivity contribution < 1.29 is 54.4 Å². The molecule has 9 bridgehead atoms. The van der Waals surface area contributed by atoms with Crippen LogP contribution in [0.1, 0.15) is 91.9 Å². The summed E-state index contributed by atoms with van der Waals surface area (Å²) in [6.45, 7) is 9.23. The number of amides is 1. The number of nitrogens with zero attached hydrogens (tertiary/aromatic N) is 1. The van der Waals surface area contributed by atoms with Crippen molar-refractivity contribution in [3.05, 3.63) is 23.3 Å². The van der Waals surface area contributed by atoms with Gasteiger partial charge in [0.2, 0.25) is 11.7 Å². The molecular weight excluding hydrogens is 783 g/mol. The highest BCUT2D eigenvalue weighted by molar-refractivity contribution is 6.01. The predicted molar refractivity (Wildman–Crippen MR) is 220 cm³/mol. The van der Waals surface area contributed by atoms with E-state index in [4.69, 9.17) is 14.2 Å². The number of hydrogen-bond donors (Lipinski definition) is 8. The van der Waals surface area contributed by atoms with E-state index in [1.165, 1.54) is 6.92 Å². The minimum atomic E-state index is -2.92. The van der Waals surface area contributed by atoms with Crippen LogP contribution in [-0.4, -0.2) is 146 Å². The summed E-state index contributed by atoms with van der Waals surface area (Å²) < 4.78 is 18.2. The molecule has 61 heavy (non-hydrogen) atoms. The Balaban J connectivity index is 1.11. The second kappa shape index (κ2) is 14.1. The molecule has 14 nitrogen and oxygen atoms in total. The van der Waals surface area contributed by atoms with Gasteiger partial charge in [0, 0.05) is 81.4 Å². The highest BCUT2D eigenvalue weighted by Crippen LogP contribution is 2.77. The number of ketones is 1. The molecule has 0 unspecified atom stereocenters. The first kappa shape index (κ1) is 42.7. The van der Waals surface area contributed by atoms with E-state index >= 15 is 4.79 Å². The van der Waals surface area contributed by atoms with Crippen molar-refractivity contribution in [3.63, 3.8) is 0 Å². The number of ether oxygens (including phenoxy) is 3. The molecule has 6 aliphatic carbocycles. The first-order valence-corrected chi connectivity index (χ1v) is 23.1. The number of fused-ring (bicyclic) bond motifs is 3. The second-order valence-electron chi connectivity index (χ2n) is 21.5. The van der Waals surface area contributed by atoms with Gasteiger partial charge in [0.1, 0.15) is 17.8 Å². The number of aliphatic hydroxyl groups excluding tert-OH is 1. The van der Waals surface area contributed by atoms with E-state index in [-0.39, 0.29) is 49.3 Å². The second-order valence-corrected chi connectivity index (χ2v) is 21.5. The molecule has 3 saturated carbocycles. The van der Waals surface area contributed by atoms with E-state index in [0.717, 1.165) is 12.8 Å². The molecule has 3 saturated heterocycles. The quantitative estimate of drug-likeness (QED) is 0.0535. The Hall–Kier alpha value is -2.26. The third-order valence-electron chi connectivity index (χ3n) is 18.6. The topological polar surface area (TPSA) is 210 Å². The van der Waals surface area contributed by atoms with Crippen LogP contribution in [0, 0.1) is 63.6 Å². The third kappa shape index (κ3) is 5.62.